The van der Waals surface area contributed by atoms with Crippen LogP contribution in [0.1, 0.15) is 68.5 Å². The van der Waals surface area contributed by atoms with E-state index in [4.69, 9.17) is 0 Å². The molecule has 10 heteroatoms. The first-order valence-electron chi connectivity index (χ1n) is 13.5. The summed E-state index contributed by atoms with van der Waals surface area (Å²) in [6.45, 7) is 8.47. The van der Waals surface area contributed by atoms with Crippen molar-refractivity contribution < 1.29 is 13.2 Å². The SMILES string of the molecule is CC(C)C[C@H](c1cccc(-n2cc3c(C(F)(F)F)cc(CN4CCC[C@H](C)C4)cn3c2=O)c1)c1nncn1C. The Morgan fingerprint density at radius 2 is 1.95 bits per heavy atom. The Hall–Kier alpha value is -3.40. The Balaban J connectivity index is 1.58. The number of benzene rings is 1. The first-order valence-corrected chi connectivity index (χ1v) is 13.5. The van der Waals surface area contributed by atoms with E-state index in [-0.39, 0.29) is 11.4 Å². The molecule has 1 aliphatic heterocycles. The molecule has 4 aromatic rings. The maximum Gasteiger partial charge on any atom is 0.418 e. The van der Waals surface area contributed by atoms with E-state index in [1.165, 1.54) is 16.8 Å². The van der Waals surface area contributed by atoms with Crippen molar-refractivity contribution in [3.63, 3.8) is 0 Å². The van der Waals surface area contributed by atoms with Crippen LogP contribution in [0.25, 0.3) is 11.2 Å². The summed E-state index contributed by atoms with van der Waals surface area (Å²) < 4.78 is 47.0. The summed E-state index contributed by atoms with van der Waals surface area (Å²) in [5.41, 5.74) is 0.443. The first kappa shape index (κ1) is 27.2. The minimum absolute atomic E-state index is 0.0746. The number of aromatic nitrogens is 5. The van der Waals surface area contributed by atoms with Crippen LogP contribution >= 0.6 is 0 Å². The topological polar surface area (TPSA) is 60.4 Å². The normalized spacial score (nSPS) is 17.8. The quantitative estimate of drug-likeness (QED) is 0.304. The molecular weight excluding hydrogens is 505 g/mol. The highest BCUT2D eigenvalue weighted by atomic mass is 19.4. The minimum atomic E-state index is -4.59. The Labute approximate surface area is 225 Å². The van der Waals surface area contributed by atoms with E-state index in [1.54, 1.807) is 18.6 Å². The molecule has 0 aliphatic carbocycles. The summed E-state index contributed by atoms with van der Waals surface area (Å²) in [7, 11) is 1.89. The lowest BCUT2D eigenvalue weighted by molar-refractivity contribution is -0.136. The zero-order chi connectivity index (χ0) is 27.9. The maximum atomic E-state index is 14.2. The molecule has 1 aromatic carbocycles. The van der Waals surface area contributed by atoms with Crippen molar-refractivity contribution in [2.24, 2.45) is 18.9 Å². The maximum absolute atomic E-state index is 14.2. The Bertz CT molecular complexity index is 1520. The second-order valence-electron chi connectivity index (χ2n) is 11.4. The van der Waals surface area contributed by atoms with Gasteiger partial charge in [0, 0.05) is 38.4 Å². The summed E-state index contributed by atoms with van der Waals surface area (Å²) in [4.78, 5) is 15.7. The molecule has 0 saturated carbocycles. The Morgan fingerprint density at radius 1 is 1.15 bits per heavy atom. The molecule has 2 atom stereocenters. The number of hydrogen-bond acceptors (Lipinski definition) is 4. The number of fused-ring (bicyclic) bond motifs is 1. The number of pyridine rings is 1. The van der Waals surface area contributed by atoms with Crippen LogP contribution in [0.15, 0.2) is 53.8 Å². The molecule has 0 bridgehead atoms. The second kappa shape index (κ2) is 10.6. The van der Waals surface area contributed by atoms with Gasteiger partial charge in [-0.15, -0.1) is 10.2 Å². The third-order valence-electron chi connectivity index (χ3n) is 7.59. The van der Waals surface area contributed by atoms with Crippen molar-refractivity contribution in [2.45, 2.75) is 58.7 Å². The predicted molar refractivity (Wildman–Crippen MR) is 144 cm³/mol. The Morgan fingerprint density at radius 3 is 2.62 bits per heavy atom. The predicted octanol–water partition coefficient (Wildman–Crippen LogP) is 5.65. The monoisotopic (exact) mass is 540 g/mol. The van der Waals surface area contributed by atoms with E-state index in [0.717, 1.165) is 48.1 Å². The fourth-order valence-electron chi connectivity index (χ4n) is 5.79. The number of nitrogens with zero attached hydrogens (tertiary/aromatic N) is 6. The number of aryl methyl sites for hydroxylation is 1. The van der Waals surface area contributed by atoms with Crippen LogP contribution < -0.4 is 5.69 Å². The van der Waals surface area contributed by atoms with Crippen molar-refractivity contribution in [3.05, 3.63) is 82.1 Å². The highest BCUT2D eigenvalue weighted by Crippen LogP contribution is 2.34. The fraction of sp³-hybridized carbons (Fsp3) is 0.483. The van der Waals surface area contributed by atoms with Gasteiger partial charge in [-0.1, -0.05) is 32.9 Å². The molecule has 1 aliphatic rings. The summed E-state index contributed by atoms with van der Waals surface area (Å²) in [5.74, 6) is 1.59. The van der Waals surface area contributed by atoms with Crippen molar-refractivity contribution in [3.8, 4) is 5.69 Å². The van der Waals surface area contributed by atoms with Crippen molar-refractivity contribution in [2.75, 3.05) is 13.1 Å². The van der Waals surface area contributed by atoms with Gasteiger partial charge in [0.2, 0.25) is 0 Å². The van der Waals surface area contributed by atoms with Crippen LogP contribution in [0, 0.1) is 11.8 Å². The summed E-state index contributed by atoms with van der Waals surface area (Å²) in [6, 6.07) is 8.60. The largest absolute Gasteiger partial charge is 0.418 e. The van der Waals surface area contributed by atoms with Gasteiger partial charge in [-0.3, -0.25) is 13.9 Å². The Kier molecular flexibility index (Phi) is 7.41. The molecule has 0 unspecified atom stereocenters. The third-order valence-corrected chi connectivity index (χ3v) is 7.59. The number of likely N-dealkylation sites (tertiary alicyclic amines) is 1. The molecule has 208 valence electrons. The van der Waals surface area contributed by atoms with E-state index in [2.05, 4.69) is 35.9 Å². The van der Waals surface area contributed by atoms with Gasteiger partial charge in [-0.25, -0.2) is 4.79 Å². The molecule has 0 amide bonds. The number of hydrogen-bond donors (Lipinski definition) is 0. The highest BCUT2D eigenvalue weighted by Gasteiger charge is 2.35. The van der Waals surface area contributed by atoms with Gasteiger partial charge >= 0.3 is 11.9 Å². The van der Waals surface area contributed by atoms with E-state index < -0.39 is 17.4 Å². The van der Waals surface area contributed by atoms with Gasteiger partial charge in [-0.05, 0) is 67.0 Å². The van der Waals surface area contributed by atoms with Crippen molar-refractivity contribution in [1.29, 1.82) is 0 Å². The molecule has 4 heterocycles. The highest BCUT2D eigenvalue weighted by molar-refractivity contribution is 5.58. The van der Waals surface area contributed by atoms with Gasteiger partial charge < -0.3 is 4.57 Å². The van der Waals surface area contributed by atoms with Crippen LogP contribution in [0.3, 0.4) is 0 Å². The lowest BCUT2D eigenvalue weighted by Crippen LogP contribution is -2.34. The van der Waals surface area contributed by atoms with Crippen LogP contribution in [-0.4, -0.2) is 41.7 Å². The number of imidazole rings is 1. The minimum Gasteiger partial charge on any atom is -0.320 e. The van der Waals surface area contributed by atoms with Crippen molar-refractivity contribution >= 4 is 5.52 Å². The van der Waals surface area contributed by atoms with Crippen LogP contribution in [0.4, 0.5) is 13.2 Å². The number of rotatable bonds is 7. The molecule has 0 spiro atoms. The zero-order valence-corrected chi connectivity index (χ0v) is 22.8. The summed E-state index contributed by atoms with van der Waals surface area (Å²) in [6.07, 6.45) is 2.88. The second-order valence-corrected chi connectivity index (χ2v) is 11.4. The van der Waals surface area contributed by atoms with Crippen molar-refractivity contribution in [1.82, 2.24) is 28.6 Å². The zero-order valence-electron chi connectivity index (χ0n) is 22.8. The average molecular weight is 541 g/mol. The molecule has 3 aromatic heterocycles. The van der Waals surface area contributed by atoms with Gasteiger partial charge in [0.15, 0.2) is 0 Å². The number of alkyl halides is 3. The average Bonchev–Trinajstić information content (AvgIpc) is 3.44. The third kappa shape index (κ3) is 5.66. The molecular formula is C29H35F3N6O. The van der Waals surface area contributed by atoms with Crippen LogP contribution in [0.5, 0.6) is 0 Å². The number of halogens is 3. The van der Waals surface area contributed by atoms with Gasteiger partial charge in [0.05, 0.1) is 16.8 Å². The molecule has 1 saturated heterocycles. The fourth-order valence-corrected chi connectivity index (χ4v) is 5.79. The molecule has 39 heavy (non-hydrogen) atoms. The first-order chi connectivity index (χ1) is 18.5. The summed E-state index contributed by atoms with van der Waals surface area (Å²) in [5, 5.41) is 8.34. The van der Waals surface area contributed by atoms with Gasteiger partial charge in [0.1, 0.15) is 12.2 Å². The number of piperidine rings is 1. The lowest BCUT2D eigenvalue weighted by atomic mass is 9.89. The summed E-state index contributed by atoms with van der Waals surface area (Å²) >= 11 is 0. The molecule has 7 nitrogen and oxygen atoms in total. The standard InChI is InChI=1S/C29H35F3N6O/c1-19(2)11-24(27-34-33-18-35(27)4)22-8-5-9-23(13-22)37-17-26-25(29(30,31)32)12-21(16-38(26)28(37)39)15-36-10-6-7-20(3)14-36/h5,8-9,12-13,16-20,24H,6-7,10-11,14-15H2,1-4H3/t20-,24+/m0/s1. The van der Waals surface area contributed by atoms with E-state index >= 15 is 0 Å². The van der Waals surface area contributed by atoms with Gasteiger partial charge in [-0.2, -0.15) is 13.2 Å². The van der Waals surface area contributed by atoms with E-state index in [9.17, 15) is 18.0 Å². The smallest absolute Gasteiger partial charge is 0.320 e. The van der Waals surface area contributed by atoms with Gasteiger partial charge in [0.25, 0.3) is 0 Å². The lowest BCUT2D eigenvalue weighted by Gasteiger charge is -2.31. The van der Waals surface area contributed by atoms with Crippen LogP contribution in [-0.2, 0) is 19.8 Å². The molecule has 5 rings (SSSR count). The van der Waals surface area contributed by atoms with E-state index in [0.29, 0.717) is 29.6 Å². The van der Waals surface area contributed by atoms with E-state index in [1.807, 2.05) is 29.8 Å². The molecule has 0 radical (unpaired) electrons. The van der Waals surface area contributed by atoms with Crippen LogP contribution in [0.2, 0.25) is 0 Å². The molecule has 1 fully saturated rings. The molecule has 0 N–H and O–H groups in total.